The molecule has 6 heteroatoms. The summed E-state index contributed by atoms with van der Waals surface area (Å²) in [5.41, 5.74) is 1.99. The van der Waals surface area contributed by atoms with E-state index in [1.165, 1.54) is 12.8 Å². The van der Waals surface area contributed by atoms with Crippen molar-refractivity contribution >= 4 is 22.6 Å². The van der Waals surface area contributed by atoms with Crippen LogP contribution in [-0.2, 0) is 17.9 Å². The third kappa shape index (κ3) is 3.54. The number of carbonyl (C=O) groups is 1. The Labute approximate surface area is 152 Å². The van der Waals surface area contributed by atoms with Crippen LogP contribution in [0.4, 0.5) is 5.82 Å². The molecule has 3 heterocycles. The molecule has 1 saturated heterocycles. The Balaban J connectivity index is 1.41. The minimum atomic E-state index is -0.0424. The summed E-state index contributed by atoms with van der Waals surface area (Å²) in [6.45, 7) is 4.70. The summed E-state index contributed by atoms with van der Waals surface area (Å²) in [5, 5.41) is 4.08. The van der Waals surface area contributed by atoms with Crippen LogP contribution in [0.2, 0.25) is 0 Å². The van der Waals surface area contributed by atoms with E-state index >= 15 is 0 Å². The molecule has 0 saturated carbocycles. The van der Waals surface area contributed by atoms with E-state index in [-0.39, 0.29) is 12.5 Å². The van der Waals surface area contributed by atoms with E-state index in [1.807, 2.05) is 54.1 Å². The van der Waals surface area contributed by atoms with Gasteiger partial charge in [-0.3, -0.25) is 4.79 Å². The highest BCUT2D eigenvalue weighted by atomic mass is 16.1. The quantitative estimate of drug-likeness (QED) is 0.769. The molecule has 0 bridgehead atoms. The number of aromatic nitrogens is 3. The fourth-order valence-electron chi connectivity index (χ4n) is 3.47. The lowest BCUT2D eigenvalue weighted by Crippen LogP contribution is -2.28. The van der Waals surface area contributed by atoms with Crippen molar-refractivity contribution in [1.82, 2.24) is 19.9 Å². The van der Waals surface area contributed by atoms with E-state index in [2.05, 4.69) is 20.2 Å². The number of benzene rings is 1. The highest BCUT2D eigenvalue weighted by molar-refractivity contribution is 5.83. The Morgan fingerprint density at radius 2 is 1.96 bits per heavy atom. The van der Waals surface area contributed by atoms with Crippen molar-refractivity contribution in [3.63, 3.8) is 0 Å². The highest BCUT2D eigenvalue weighted by Gasteiger charge is 2.15. The Morgan fingerprint density at radius 1 is 1.15 bits per heavy atom. The highest BCUT2D eigenvalue weighted by Crippen LogP contribution is 2.18. The summed E-state index contributed by atoms with van der Waals surface area (Å²) in [4.78, 5) is 23.7. The first-order valence-electron chi connectivity index (χ1n) is 9.09. The summed E-state index contributed by atoms with van der Waals surface area (Å²) >= 11 is 0. The van der Waals surface area contributed by atoms with Gasteiger partial charge in [0, 0.05) is 36.6 Å². The number of hydrogen-bond acceptors (Lipinski definition) is 4. The lowest BCUT2D eigenvalue weighted by atomic mass is 10.2. The van der Waals surface area contributed by atoms with Gasteiger partial charge in [-0.15, -0.1) is 0 Å². The van der Waals surface area contributed by atoms with Crippen molar-refractivity contribution < 1.29 is 4.79 Å². The zero-order valence-electron chi connectivity index (χ0n) is 15.0. The fraction of sp³-hybridized carbons (Fsp3) is 0.350. The Kier molecular flexibility index (Phi) is 4.56. The molecule has 0 atom stereocenters. The summed E-state index contributed by atoms with van der Waals surface area (Å²) in [6, 6.07) is 12.1. The molecular weight excluding hydrogens is 326 g/mol. The summed E-state index contributed by atoms with van der Waals surface area (Å²) in [7, 11) is 0. The minimum Gasteiger partial charge on any atom is -0.357 e. The van der Waals surface area contributed by atoms with E-state index in [1.54, 1.807) is 0 Å². The predicted molar refractivity (Wildman–Crippen MR) is 102 cm³/mol. The first-order valence-corrected chi connectivity index (χ1v) is 9.09. The largest absolute Gasteiger partial charge is 0.357 e. The average Bonchev–Trinajstić information content (AvgIpc) is 3.30. The Morgan fingerprint density at radius 3 is 2.81 bits per heavy atom. The molecular formula is C20H23N5O. The summed E-state index contributed by atoms with van der Waals surface area (Å²) in [6.07, 6.45) is 4.36. The second-order valence-corrected chi connectivity index (χ2v) is 6.76. The maximum absolute atomic E-state index is 12.4. The van der Waals surface area contributed by atoms with Gasteiger partial charge in [0.15, 0.2) is 0 Å². The Hall–Kier alpha value is -2.89. The van der Waals surface area contributed by atoms with Crippen molar-refractivity contribution in [2.24, 2.45) is 0 Å². The molecule has 6 nitrogen and oxygen atoms in total. The van der Waals surface area contributed by atoms with Gasteiger partial charge in [-0.05, 0) is 37.3 Å². The van der Waals surface area contributed by atoms with Gasteiger partial charge in [0.1, 0.15) is 18.2 Å². The van der Waals surface area contributed by atoms with Gasteiger partial charge in [0.05, 0.1) is 6.54 Å². The van der Waals surface area contributed by atoms with Gasteiger partial charge in [0.25, 0.3) is 0 Å². The van der Waals surface area contributed by atoms with Crippen LogP contribution >= 0.6 is 0 Å². The zero-order chi connectivity index (χ0) is 17.9. The lowest BCUT2D eigenvalue weighted by molar-refractivity contribution is -0.121. The third-order valence-electron chi connectivity index (χ3n) is 4.75. The van der Waals surface area contributed by atoms with Crippen LogP contribution in [0.5, 0.6) is 0 Å². The molecule has 1 amide bonds. The number of nitrogens with zero attached hydrogens (tertiary/aromatic N) is 4. The van der Waals surface area contributed by atoms with E-state index in [0.29, 0.717) is 12.4 Å². The molecule has 0 unspecified atom stereocenters. The topological polar surface area (TPSA) is 63.1 Å². The molecule has 0 aliphatic carbocycles. The second-order valence-electron chi connectivity index (χ2n) is 6.76. The monoisotopic (exact) mass is 349 g/mol. The van der Waals surface area contributed by atoms with Gasteiger partial charge >= 0.3 is 0 Å². The van der Waals surface area contributed by atoms with Crippen LogP contribution in [0.3, 0.4) is 0 Å². The van der Waals surface area contributed by atoms with Crippen LogP contribution in [-0.4, -0.2) is 33.5 Å². The van der Waals surface area contributed by atoms with Crippen LogP contribution < -0.4 is 10.2 Å². The molecule has 1 fully saturated rings. The summed E-state index contributed by atoms with van der Waals surface area (Å²) < 4.78 is 1.96. The number of nitrogens with one attached hydrogen (secondary N) is 1. The molecule has 4 rings (SSSR count). The van der Waals surface area contributed by atoms with Crippen LogP contribution in [0.1, 0.15) is 24.4 Å². The van der Waals surface area contributed by atoms with E-state index in [9.17, 15) is 4.79 Å². The van der Waals surface area contributed by atoms with Gasteiger partial charge < -0.3 is 14.8 Å². The number of rotatable bonds is 5. The summed E-state index contributed by atoms with van der Waals surface area (Å²) in [5.74, 6) is 1.59. The van der Waals surface area contributed by atoms with Crippen LogP contribution in [0.25, 0.3) is 10.9 Å². The van der Waals surface area contributed by atoms with Gasteiger partial charge in [-0.1, -0.05) is 18.2 Å². The number of carbonyl (C=O) groups excluding carboxylic acids is 1. The molecule has 134 valence electrons. The number of anilines is 1. The second kappa shape index (κ2) is 7.15. The number of para-hydroxylation sites is 1. The smallest absolute Gasteiger partial charge is 0.240 e. The Bertz CT molecular complexity index is 927. The van der Waals surface area contributed by atoms with Gasteiger partial charge in [-0.25, -0.2) is 9.97 Å². The molecule has 26 heavy (non-hydrogen) atoms. The molecule has 1 aromatic carbocycles. The minimum absolute atomic E-state index is 0.0424. The number of aryl methyl sites for hydroxylation is 1. The maximum Gasteiger partial charge on any atom is 0.240 e. The third-order valence-corrected chi connectivity index (χ3v) is 4.75. The maximum atomic E-state index is 12.4. The molecule has 1 aliphatic rings. The molecule has 2 aromatic heterocycles. The van der Waals surface area contributed by atoms with Crippen LogP contribution in [0.15, 0.2) is 42.6 Å². The van der Waals surface area contributed by atoms with Crippen molar-refractivity contribution in [3.8, 4) is 0 Å². The molecule has 0 radical (unpaired) electrons. The molecule has 1 N–H and O–H groups in total. The molecule has 0 spiro atoms. The number of fused-ring (bicyclic) bond motifs is 1. The first-order chi connectivity index (χ1) is 12.7. The SMILES string of the molecule is Cc1cc(N2CCCC2)nc(CNC(=O)Cn2ccc3ccccc32)n1. The van der Waals surface area contributed by atoms with Crippen LogP contribution in [0, 0.1) is 6.92 Å². The van der Waals surface area contributed by atoms with E-state index in [0.717, 1.165) is 35.5 Å². The zero-order valence-corrected chi connectivity index (χ0v) is 15.0. The molecule has 1 aliphatic heterocycles. The van der Waals surface area contributed by atoms with Crippen molar-refractivity contribution in [1.29, 1.82) is 0 Å². The fourth-order valence-corrected chi connectivity index (χ4v) is 3.47. The van der Waals surface area contributed by atoms with Crippen molar-refractivity contribution in [2.75, 3.05) is 18.0 Å². The average molecular weight is 349 g/mol. The normalized spacial score (nSPS) is 14.1. The molecule has 3 aromatic rings. The van der Waals surface area contributed by atoms with Crippen molar-refractivity contribution in [2.45, 2.75) is 32.9 Å². The first kappa shape index (κ1) is 16.6. The standard InChI is InChI=1S/C20H23N5O/c1-15-12-19(24-9-4-5-10-24)23-18(22-15)13-21-20(26)14-25-11-8-16-6-2-3-7-17(16)25/h2-3,6-8,11-12H,4-5,9-10,13-14H2,1H3,(H,21,26). The number of amides is 1. The van der Waals surface area contributed by atoms with E-state index < -0.39 is 0 Å². The lowest BCUT2D eigenvalue weighted by Gasteiger charge is -2.17. The van der Waals surface area contributed by atoms with Gasteiger partial charge in [0.2, 0.25) is 5.91 Å². The number of hydrogen-bond donors (Lipinski definition) is 1. The predicted octanol–water partition coefficient (Wildman–Crippen LogP) is 2.66. The van der Waals surface area contributed by atoms with Crippen molar-refractivity contribution in [3.05, 3.63) is 54.1 Å². The van der Waals surface area contributed by atoms with Gasteiger partial charge in [-0.2, -0.15) is 0 Å². The van der Waals surface area contributed by atoms with E-state index in [4.69, 9.17) is 0 Å².